The molecule has 2 aliphatic rings. The second-order valence-electron chi connectivity index (χ2n) is 8.62. The lowest BCUT2D eigenvalue weighted by Crippen LogP contribution is -2.50. The molecule has 0 aliphatic carbocycles. The highest BCUT2D eigenvalue weighted by Crippen LogP contribution is 2.13. The number of guanidine groups is 1. The van der Waals surface area contributed by atoms with E-state index in [4.69, 9.17) is 4.99 Å². The molecule has 1 amide bonds. The minimum atomic E-state index is 0.0957. The summed E-state index contributed by atoms with van der Waals surface area (Å²) >= 11 is 0. The molecule has 0 unspecified atom stereocenters. The third-order valence-corrected chi connectivity index (χ3v) is 5.84. The van der Waals surface area contributed by atoms with Crippen LogP contribution in [0.5, 0.6) is 0 Å². The van der Waals surface area contributed by atoms with Gasteiger partial charge in [0.2, 0.25) is 5.91 Å². The van der Waals surface area contributed by atoms with Gasteiger partial charge in [-0.1, -0.05) is 26.7 Å². The van der Waals surface area contributed by atoms with Gasteiger partial charge in [-0.05, 0) is 65.1 Å². The summed E-state index contributed by atoms with van der Waals surface area (Å²) in [6, 6.07) is 0.410. The lowest BCUT2D eigenvalue weighted by Gasteiger charge is -2.34. The average molecular weight is 394 g/mol. The molecule has 2 rings (SSSR count). The minimum absolute atomic E-state index is 0.0957. The van der Waals surface area contributed by atoms with E-state index in [1.807, 2.05) is 18.7 Å². The third kappa shape index (κ3) is 8.38. The van der Waals surface area contributed by atoms with Gasteiger partial charge in [0.15, 0.2) is 5.96 Å². The number of unbranched alkanes of at least 4 members (excludes halogenated alkanes) is 2. The molecule has 0 atom stereocenters. The predicted octanol–water partition coefficient (Wildman–Crippen LogP) is 2.84. The topological polar surface area (TPSA) is 60.0 Å². The van der Waals surface area contributed by atoms with Crippen LogP contribution in [-0.2, 0) is 4.79 Å². The van der Waals surface area contributed by atoms with Gasteiger partial charge in [-0.3, -0.25) is 9.79 Å². The number of amides is 1. The first-order valence-corrected chi connectivity index (χ1v) is 11.7. The van der Waals surface area contributed by atoms with Gasteiger partial charge in [-0.25, -0.2) is 0 Å². The summed E-state index contributed by atoms with van der Waals surface area (Å²) in [5.41, 5.74) is 0. The number of carbonyl (C=O) groups is 1. The zero-order chi connectivity index (χ0) is 20.2. The molecule has 2 N–H and O–H groups in total. The van der Waals surface area contributed by atoms with Gasteiger partial charge in [-0.15, -0.1) is 0 Å². The Morgan fingerprint density at radius 2 is 1.75 bits per heavy atom. The Hall–Kier alpha value is -1.30. The summed E-state index contributed by atoms with van der Waals surface area (Å²) in [7, 11) is 0. The average Bonchev–Trinajstić information content (AvgIpc) is 2.71. The van der Waals surface area contributed by atoms with Crippen molar-refractivity contribution in [2.45, 2.75) is 78.2 Å². The van der Waals surface area contributed by atoms with Crippen molar-refractivity contribution in [1.82, 2.24) is 20.4 Å². The van der Waals surface area contributed by atoms with Crippen LogP contribution in [0.15, 0.2) is 4.99 Å². The van der Waals surface area contributed by atoms with Crippen molar-refractivity contribution in [3.05, 3.63) is 0 Å². The van der Waals surface area contributed by atoms with Gasteiger partial charge in [0.25, 0.3) is 0 Å². The highest BCUT2D eigenvalue weighted by molar-refractivity contribution is 5.80. The number of hydrogen-bond acceptors (Lipinski definition) is 3. The second kappa shape index (κ2) is 13.0. The minimum Gasteiger partial charge on any atom is -0.357 e. The van der Waals surface area contributed by atoms with Crippen LogP contribution in [0.1, 0.15) is 72.1 Å². The van der Waals surface area contributed by atoms with Crippen LogP contribution < -0.4 is 10.6 Å². The molecule has 0 saturated carbocycles. The maximum Gasteiger partial charge on any atom is 0.225 e. The third-order valence-electron chi connectivity index (χ3n) is 5.84. The Labute approximate surface area is 172 Å². The number of hydrogen-bond donors (Lipinski definition) is 2. The molecule has 0 aromatic heterocycles. The summed E-state index contributed by atoms with van der Waals surface area (Å²) in [5.74, 6) is 1.31. The Bertz CT molecular complexity index is 466. The van der Waals surface area contributed by atoms with Crippen LogP contribution in [0.4, 0.5) is 0 Å². The van der Waals surface area contributed by atoms with Crippen molar-refractivity contribution in [2.75, 3.05) is 45.8 Å². The normalized spacial score (nSPS) is 19.9. The Balaban J connectivity index is 1.63. The number of nitrogens with one attached hydrogen (secondary N) is 2. The summed E-state index contributed by atoms with van der Waals surface area (Å²) in [6.45, 7) is 13.4. The maximum absolute atomic E-state index is 12.1. The molecule has 6 heteroatoms. The summed E-state index contributed by atoms with van der Waals surface area (Å²) in [5, 5.41) is 6.96. The highest BCUT2D eigenvalue weighted by atomic mass is 16.2. The zero-order valence-corrected chi connectivity index (χ0v) is 18.5. The number of nitrogens with zero attached hydrogens (tertiary/aromatic N) is 3. The fourth-order valence-corrected chi connectivity index (χ4v) is 4.12. The summed E-state index contributed by atoms with van der Waals surface area (Å²) in [6.07, 6.45) is 9.89. The van der Waals surface area contributed by atoms with Crippen LogP contribution >= 0.6 is 0 Å². The van der Waals surface area contributed by atoms with E-state index in [1.165, 1.54) is 51.7 Å². The van der Waals surface area contributed by atoms with E-state index < -0.39 is 0 Å². The van der Waals surface area contributed by atoms with E-state index in [2.05, 4.69) is 22.5 Å². The number of aliphatic imine (C=N–C) groups is 1. The van der Waals surface area contributed by atoms with E-state index in [9.17, 15) is 4.79 Å². The van der Waals surface area contributed by atoms with Gasteiger partial charge < -0.3 is 20.4 Å². The van der Waals surface area contributed by atoms with E-state index in [1.54, 1.807) is 0 Å². The molecule has 0 bridgehead atoms. The molecule has 2 saturated heterocycles. The lowest BCUT2D eigenvalue weighted by atomic mass is 10.0. The van der Waals surface area contributed by atoms with Crippen LogP contribution in [-0.4, -0.2) is 73.5 Å². The van der Waals surface area contributed by atoms with E-state index in [0.29, 0.717) is 6.04 Å². The second-order valence-corrected chi connectivity index (χ2v) is 8.62. The summed E-state index contributed by atoms with van der Waals surface area (Å²) < 4.78 is 0. The molecule has 2 aliphatic heterocycles. The van der Waals surface area contributed by atoms with Crippen LogP contribution in [0.25, 0.3) is 0 Å². The molecule has 2 heterocycles. The number of carbonyl (C=O) groups excluding carboxylic acids is 1. The Kier molecular flexibility index (Phi) is 10.7. The predicted molar refractivity (Wildman–Crippen MR) is 118 cm³/mol. The largest absolute Gasteiger partial charge is 0.357 e. The molecule has 162 valence electrons. The summed E-state index contributed by atoms with van der Waals surface area (Å²) in [4.78, 5) is 21.5. The van der Waals surface area contributed by atoms with Crippen LogP contribution in [0.2, 0.25) is 0 Å². The first-order chi connectivity index (χ1) is 13.6. The molecular weight excluding hydrogens is 350 g/mol. The van der Waals surface area contributed by atoms with E-state index in [-0.39, 0.29) is 11.8 Å². The maximum atomic E-state index is 12.1. The first-order valence-electron chi connectivity index (χ1n) is 11.7. The fraction of sp³-hybridized carbons (Fsp3) is 0.909. The van der Waals surface area contributed by atoms with E-state index >= 15 is 0 Å². The quantitative estimate of drug-likeness (QED) is 0.359. The van der Waals surface area contributed by atoms with Crippen molar-refractivity contribution >= 4 is 11.9 Å². The van der Waals surface area contributed by atoms with Gasteiger partial charge >= 0.3 is 0 Å². The van der Waals surface area contributed by atoms with E-state index in [0.717, 1.165) is 51.4 Å². The van der Waals surface area contributed by atoms with Crippen molar-refractivity contribution in [3.8, 4) is 0 Å². The molecule has 0 spiro atoms. The molecule has 2 fully saturated rings. The lowest BCUT2D eigenvalue weighted by molar-refractivity contribution is -0.135. The van der Waals surface area contributed by atoms with Crippen LogP contribution in [0.3, 0.4) is 0 Å². The molecule has 6 nitrogen and oxygen atoms in total. The Morgan fingerprint density at radius 3 is 2.39 bits per heavy atom. The van der Waals surface area contributed by atoms with Crippen molar-refractivity contribution in [3.63, 3.8) is 0 Å². The fourth-order valence-electron chi connectivity index (χ4n) is 4.12. The molecule has 0 radical (unpaired) electrons. The van der Waals surface area contributed by atoms with Crippen LogP contribution in [0, 0.1) is 5.92 Å². The number of rotatable bonds is 9. The standard InChI is InChI=1S/C22H43N5O/c1-4-23-22(24-13-7-5-8-14-26-15-9-6-10-16-26)25-20-11-17-27(18-12-20)21(28)19(2)3/h19-20H,4-18H2,1-3H3,(H2,23,24,25). The van der Waals surface area contributed by atoms with Gasteiger partial charge in [0.05, 0.1) is 0 Å². The van der Waals surface area contributed by atoms with Crippen molar-refractivity contribution in [1.29, 1.82) is 0 Å². The van der Waals surface area contributed by atoms with Gasteiger partial charge in [0, 0.05) is 38.1 Å². The number of piperidine rings is 2. The molecule has 0 aromatic carbocycles. The zero-order valence-electron chi connectivity index (χ0n) is 18.5. The molecule has 0 aromatic rings. The van der Waals surface area contributed by atoms with Crippen molar-refractivity contribution < 1.29 is 4.79 Å². The monoisotopic (exact) mass is 393 g/mol. The Morgan fingerprint density at radius 1 is 1.04 bits per heavy atom. The van der Waals surface area contributed by atoms with Gasteiger partial charge in [0.1, 0.15) is 0 Å². The van der Waals surface area contributed by atoms with Gasteiger partial charge in [-0.2, -0.15) is 0 Å². The number of likely N-dealkylation sites (tertiary alicyclic amines) is 2. The smallest absolute Gasteiger partial charge is 0.225 e. The molecular formula is C22H43N5O. The van der Waals surface area contributed by atoms with Crippen molar-refractivity contribution in [2.24, 2.45) is 10.9 Å². The SMILES string of the molecule is CCNC(=NCCCCCN1CCCCC1)NC1CCN(C(=O)C(C)C)CC1. The molecule has 28 heavy (non-hydrogen) atoms. The first kappa shape index (κ1) is 23.0. The highest BCUT2D eigenvalue weighted by Gasteiger charge is 2.24.